The SMILES string of the molecule is CCCCN(CCCCCNC)C(=O)CC(C)(C)C. The monoisotopic (exact) mass is 270 g/mol. The van der Waals surface area contributed by atoms with Crippen LogP contribution in [0.5, 0.6) is 0 Å². The summed E-state index contributed by atoms with van der Waals surface area (Å²) in [5.74, 6) is 0.328. The average Bonchev–Trinajstić information content (AvgIpc) is 2.30. The Morgan fingerprint density at radius 2 is 1.68 bits per heavy atom. The summed E-state index contributed by atoms with van der Waals surface area (Å²) in [4.78, 5) is 14.4. The first kappa shape index (κ1) is 18.4. The van der Waals surface area contributed by atoms with Gasteiger partial charge >= 0.3 is 0 Å². The van der Waals surface area contributed by atoms with Crippen LogP contribution in [0.15, 0.2) is 0 Å². The summed E-state index contributed by atoms with van der Waals surface area (Å²) in [6, 6.07) is 0. The van der Waals surface area contributed by atoms with Crippen LogP contribution >= 0.6 is 0 Å². The molecule has 1 N–H and O–H groups in total. The number of hydrogen-bond acceptors (Lipinski definition) is 2. The van der Waals surface area contributed by atoms with E-state index in [0.29, 0.717) is 12.3 Å². The van der Waals surface area contributed by atoms with E-state index in [1.54, 1.807) is 0 Å². The molecule has 0 saturated carbocycles. The van der Waals surface area contributed by atoms with Crippen molar-refractivity contribution < 1.29 is 4.79 Å². The molecule has 0 aromatic rings. The molecule has 0 heterocycles. The van der Waals surface area contributed by atoms with Gasteiger partial charge in [0.05, 0.1) is 0 Å². The minimum atomic E-state index is 0.0910. The van der Waals surface area contributed by atoms with E-state index < -0.39 is 0 Å². The third-order valence-electron chi connectivity index (χ3n) is 3.17. The smallest absolute Gasteiger partial charge is 0.223 e. The normalized spacial score (nSPS) is 11.6. The van der Waals surface area contributed by atoms with E-state index in [0.717, 1.165) is 38.9 Å². The molecule has 0 spiro atoms. The zero-order chi connectivity index (χ0) is 14.7. The summed E-state index contributed by atoms with van der Waals surface area (Å²) < 4.78 is 0. The van der Waals surface area contributed by atoms with Crippen molar-refractivity contribution in [3.63, 3.8) is 0 Å². The highest BCUT2D eigenvalue weighted by atomic mass is 16.2. The molecule has 0 aliphatic rings. The fourth-order valence-corrected chi connectivity index (χ4v) is 2.06. The van der Waals surface area contributed by atoms with Crippen LogP contribution in [-0.2, 0) is 4.79 Å². The predicted octanol–water partition coefficient (Wildman–Crippen LogP) is 3.44. The van der Waals surface area contributed by atoms with Gasteiger partial charge in [-0.05, 0) is 38.3 Å². The summed E-state index contributed by atoms with van der Waals surface area (Å²) in [6.45, 7) is 11.5. The molecule has 3 heteroatoms. The highest BCUT2D eigenvalue weighted by Gasteiger charge is 2.20. The van der Waals surface area contributed by atoms with Crippen molar-refractivity contribution in [3.05, 3.63) is 0 Å². The third-order valence-corrected chi connectivity index (χ3v) is 3.17. The number of nitrogens with one attached hydrogen (secondary N) is 1. The highest BCUT2D eigenvalue weighted by molar-refractivity contribution is 5.76. The van der Waals surface area contributed by atoms with Crippen LogP contribution in [0.3, 0.4) is 0 Å². The Morgan fingerprint density at radius 3 is 2.21 bits per heavy atom. The van der Waals surface area contributed by atoms with Crippen LogP contribution in [0.25, 0.3) is 0 Å². The van der Waals surface area contributed by atoms with Gasteiger partial charge in [-0.2, -0.15) is 0 Å². The zero-order valence-electron chi connectivity index (χ0n) is 13.7. The standard InChI is InChI=1S/C16H34N2O/c1-6-7-12-18(13-10-8-9-11-17-5)15(19)14-16(2,3)4/h17H,6-14H2,1-5H3. The number of carbonyl (C=O) groups is 1. The number of hydrogen-bond donors (Lipinski definition) is 1. The van der Waals surface area contributed by atoms with Crippen LogP contribution in [0.4, 0.5) is 0 Å². The molecule has 0 aliphatic carbocycles. The van der Waals surface area contributed by atoms with Gasteiger partial charge in [0.2, 0.25) is 5.91 Å². The van der Waals surface area contributed by atoms with Gasteiger partial charge in [0, 0.05) is 19.5 Å². The molecule has 0 rings (SSSR count). The molecule has 114 valence electrons. The molecular weight excluding hydrogens is 236 g/mol. The lowest BCUT2D eigenvalue weighted by Crippen LogP contribution is -2.35. The molecule has 0 unspecified atom stereocenters. The maximum Gasteiger partial charge on any atom is 0.223 e. The molecular formula is C16H34N2O. The van der Waals surface area contributed by atoms with E-state index in [-0.39, 0.29) is 5.41 Å². The Labute approximate surface area is 120 Å². The maximum atomic E-state index is 12.3. The third kappa shape index (κ3) is 11.0. The van der Waals surface area contributed by atoms with E-state index in [1.165, 1.54) is 12.8 Å². The van der Waals surface area contributed by atoms with Gasteiger partial charge in [-0.15, -0.1) is 0 Å². The Morgan fingerprint density at radius 1 is 1.05 bits per heavy atom. The summed E-state index contributed by atoms with van der Waals surface area (Å²) in [5.41, 5.74) is 0.0910. The van der Waals surface area contributed by atoms with Crippen LogP contribution in [0.2, 0.25) is 0 Å². The molecule has 0 aromatic heterocycles. The minimum absolute atomic E-state index is 0.0910. The molecule has 0 atom stereocenters. The van der Waals surface area contributed by atoms with Crippen LogP contribution in [0.1, 0.15) is 66.2 Å². The molecule has 1 amide bonds. The van der Waals surface area contributed by atoms with Gasteiger partial charge in [-0.25, -0.2) is 0 Å². The van der Waals surface area contributed by atoms with Crippen LogP contribution < -0.4 is 5.32 Å². The van der Waals surface area contributed by atoms with E-state index in [2.05, 4.69) is 37.9 Å². The largest absolute Gasteiger partial charge is 0.343 e. The molecule has 0 bridgehead atoms. The second kappa shape index (κ2) is 10.2. The van der Waals surface area contributed by atoms with Crippen molar-refractivity contribution in [2.45, 2.75) is 66.2 Å². The Bertz CT molecular complexity index is 233. The number of carbonyl (C=O) groups excluding carboxylic acids is 1. The Hall–Kier alpha value is -0.570. The molecule has 0 saturated heterocycles. The summed E-state index contributed by atoms with van der Waals surface area (Å²) in [7, 11) is 1.99. The quantitative estimate of drug-likeness (QED) is 0.617. The lowest BCUT2D eigenvalue weighted by atomic mass is 9.91. The topological polar surface area (TPSA) is 32.3 Å². The maximum absolute atomic E-state index is 12.3. The van der Waals surface area contributed by atoms with Gasteiger partial charge in [-0.3, -0.25) is 4.79 Å². The Balaban J connectivity index is 4.10. The van der Waals surface area contributed by atoms with E-state index in [9.17, 15) is 4.79 Å². The highest BCUT2D eigenvalue weighted by Crippen LogP contribution is 2.20. The molecule has 0 fully saturated rings. The predicted molar refractivity (Wildman–Crippen MR) is 83.3 cm³/mol. The summed E-state index contributed by atoms with van der Waals surface area (Å²) >= 11 is 0. The molecule has 0 aromatic carbocycles. The van der Waals surface area contributed by atoms with Crippen LogP contribution in [0, 0.1) is 5.41 Å². The van der Waals surface area contributed by atoms with Gasteiger partial charge in [0.25, 0.3) is 0 Å². The summed E-state index contributed by atoms with van der Waals surface area (Å²) in [6.07, 6.45) is 6.46. The van der Waals surface area contributed by atoms with Gasteiger partial charge in [0.1, 0.15) is 0 Å². The number of nitrogens with zero attached hydrogens (tertiary/aromatic N) is 1. The zero-order valence-corrected chi connectivity index (χ0v) is 13.7. The van der Waals surface area contributed by atoms with Gasteiger partial charge in [-0.1, -0.05) is 40.5 Å². The molecule has 19 heavy (non-hydrogen) atoms. The number of amides is 1. The van der Waals surface area contributed by atoms with Crippen molar-refractivity contribution >= 4 is 5.91 Å². The first-order valence-corrected chi connectivity index (χ1v) is 7.83. The fourth-order valence-electron chi connectivity index (χ4n) is 2.06. The van der Waals surface area contributed by atoms with Gasteiger partial charge in [0.15, 0.2) is 0 Å². The fraction of sp³-hybridized carbons (Fsp3) is 0.938. The van der Waals surface area contributed by atoms with Crippen molar-refractivity contribution in [2.24, 2.45) is 5.41 Å². The van der Waals surface area contributed by atoms with Crippen molar-refractivity contribution in [1.82, 2.24) is 10.2 Å². The van der Waals surface area contributed by atoms with Crippen molar-refractivity contribution in [1.29, 1.82) is 0 Å². The lowest BCUT2D eigenvalue weighted by Gasteiger charge is -2.26. The lowest BCUT2D eigenvalue weighted by molar-refractivity contribution is -0.133. The minimum Gasteiger partial charge on any atom is -0.343 e. The van der Waals surface area contributed by atoms with Crippen molar-refractivity contribution in [3.8, 4) is 0 Å². The molecule has 3 nitrogen and oxygen atoms in total. The van der Waals surface area contributed by atoms with Crippen molar-refractivity contribution in [2.75, 3.05) is 26.7 Å². The van der Waals surface area contributed by atoms with E-state index in [1.807, 2.05) is 7.05 Å². The van der Waals surface area contributed by atoms with Gasteiger partial charge < -0.3 is 10.2 Å². The number of rotatable bonds is 10. The first-order valence-electron chi connectivity index (χ1n) is 7.83. The van der Waals surface area contributed by atoms with Crippen LogP contribution in [-0.4, -0.2) is 37.5 Å². The van der Waals surface area contributed by atoms with E-state index in [4.69, 9.17) is 0 Å². The second-order valence-electron chi connectivity index (χ2n) is 6.64. The second-order valence-corrected chi connectivity index (χ2v) is 6.64. The Kier molecular flexibility index (Phi) is 9.94. The molecule has 0 radical (unpaired) electrons. The average molecular weight is 270 g/mol. The number of unbranched alkanes of at least 4 members (excludes halogenated alkanes) is 3. The summed E-state index contributed by atoms with van der Waals surface area (Å²) in [5, 5.41) is 3.16. The van der Waals surface area contributed by atoms with E-state index >= 15 is 0 Å². The molecule has 0 aliphatic heterocycles. The first-order chi connectivity index (χ1) is 8.90.